The van der Waals surface area contributed by atoms with Crippen LogP contribution in [-0.4, -0.2) is 21.4 Å². The lowest BCUT2D eigenvalue weighted by Gasteiger charge is -2.23. The van der Waals surface area contributed by atoms with E-state index in [0.29, 0.717) is 10.0 Å². The zero-order valence-electron chi connectivity index (χ0n) is 17.9. The SMILES string of the molecule is CCCCc1nc(-c2ccccc2)[nH]c1CN(CCCC)Cc1cccc(Cl)c1Cl. The average Bonchev–Trinajstić information content (AvgIpc) is 3.17. The Hall–Kier alpha value is -1.81. The zero-order chi connectivity index (χ0) is 21.3. The van der Waals surface area contributed by atoms with E-state index in [2.05, 4.69) is 54.1 Å². The molecule has 0 spiro atoms. The van der Waals surface area contributed by atoms with Gasteiger partial charge in [0, 0.05) is 18.7 Å². The van der Waals surface area contributed by atoms with Crippen LogP contribution in [-0.2, 0) is 19.5 Å². The second-order valence-electron chi connectivity index (χ2n) is 7.76. The molecule has 0 unspecified atom stereocenters. The summed E-state index contributed by atoms with van der Waals surface area (Å²) >= 11 is 12.7. The monoisotopic (exact) mass is 443 g/mol. The minimum absolute atomic E-state index is 0.612. The highest BCUT2D eigenvalue weighted by atomic mass is 35.5. The molecule has 0 saturated heterocycles. The van der Waals surface area contributed by atoms with Crippen molar-refractivity contribution in [2.24, 2.45) is 0 Å². The minimum Gasteiger partial charge on any atom is -0.341 e. The number of hydrogen-bond acceptors (Lipinski definition) is 2. The summed E-state index contributed by atoms with van der Waals surface area (Å²) in [4.78, 5) is 11.0. The van der Waals surface area contributed by atoms with Gasteiger partial charge in [0.25, 0.3) is 0 Å². The molecule has 1 N–H and O–H groups in total. The standard InChI is InChI=1S/C25H31Cl2N3/c1-3-5-15-22-23(29-25(28-22)19-11-8-7-9-12-19)18-30(16-6-4-2)17-20-13-10-14-21(26)24(20)27/h7-14H,3-6,15-18H2,1-2H3,(H,28,29). The number of benzene rings is 2. The summed E-state index contributed by atoms with van der Waals surface area (Å²) in [5, 5.41) is 1.27. The molecule has 0 saturated carbocycles. The summed E-state index contributed by atoms with van der Waals surface area (Å²) in [6, 6.07) is 16.2. The lowest BCUT2D eigenvalue weighted by atomic mass is 10.1. The van der Waals surface area contributed by atoms with Gasteiger partial charge in [-0.1, -0.05) is 92.4 Å². The Morgan fingerprint density at radius 1 is 0.900 bits per heavy atom. The summed E-state index contributed by atoms with van der Waals surface area (Å²) in [6.45, 7) is 7.04. The van der Waals surface area contributed by atoms with Crippen molar-refractivity contribution in [3.8, 4) is 11.4 Å². The first-order valence-corrected chi connectivity index (χ1v) is 11.7. The molecule has 0 atom stereocenters. The number of unbranched alkanes of at least 4 members (excludes halogenated alkanes) is 2. The summed E-state index contributed by atoms with van der Waals surface area (Å²) in [5.74, 6) is 0.952. The fourth-order valence-corrected chi connectivity index (χ4v) is 3.97. The van der Waals surface area contributed by atoms with Crippen molar-refractivity contribution in [3.63, 3.8) is 0 Å². The highest BCUT2D eigenvalue weighted by Gasteiger charge is 2.16. The van der Waals surface area contributed by atoms with E-state index in [0.717, 1.165) is 68.7 Å². The van der Waals surface area contributed by atoms with Crippen LogP contribution in [0, 0.1) is 0 Å². The molecular formula is C25H31Cl2N3. The van der Waals surface area contributed by atoms with Gasteiger partial charge in [0.1, 0.15) is 5.82 Å². The molecule has 0 amide bonds. The van der Waals surface area contributed by atoms with Gasteiger partial charge in [-0.15, -0.1) is 0 Å². The van der Waals surface area contributed by atoms with Crippen molar-refractivity contribution >= 4 is 23.2 Å². The summed E-state index contributed by atoms with van der Waals surface area (Å²) in [6.07, 6.45) is 5.59. The van der Waals surface area contributed by atoms with Crippen LogP contribution in [0.3, 0.4) is 0 Å². The van der Waals surface area contributed by atoms with Gasteiger partial charge in [0.15, 0.2) is 0 Å². The molecule has 3 nitrogen and oxygen atoms in total. The van der Waals surface area contributed by atoms with E-state index in [4.69, 9.17) is 28.2 Å². The molecule has 160 valence electrons. The molecule has 3 rings (SSSR count). The Balaban J connectivity index is 1.86. The maximum atomic E-state index is 6.48. The van der Waals surface area contributed by atoms with Crippen LogP contribution in [0.5, 0.6) is 0 Å². The number of imidazole rings is 1. The first-order valence-electron chi connectivity index (χ1n) is 10.9. The van der Waals surface area contributed by atoms with Gasteiger partial charge in [0.05, 0.1) is 21.4 Å². The highest BCUT2D eigenvalue weighted by molar-refractivity contribution is 6.42. The number of nitrogens with zero attached hydrogens (tertiary/aromatic N) is 2. The molecule has 30 heavy (non-hydrogen) atoms. The summed E-state index contributed by atoms with van der Waals surface area (Å²) in [7, 11) is 0. The molecule has 3 aromatic rings. The van der Waals surface area contributed by atoms with Crippen molar-refractivity contribution < 1.29 is 0 Å². The number of aryl methyl sites for hydroxylation is 1. The van der Waals surface area contributed by atoms with Gasteiger partial charge in [-0.2, -0.15) is 0 Å². The maximum Gasteiger partial charge on any atom is 0.137 e. The summed E-state index contributed by atoms with van der Waals surface area (Å²) in [5.41, 5.74) is 4.57. The number of H-pyrrole nitrogens is 1. The van der Waals surface area contributed by atoms with Gasteiger partial charge in [0.2, 0.25) is 0 Å². The third-order valence-corrected chi connectivity index (χ3v) is 6.17. The minimum atomic E-state index is 0.612. The summed E-state index contributed by atoms with van der Waals surface area (Å²) < 4.78 is 0. The molecular weight excluding hydrogens is 413 g/mol. The number of rotatable bonds is 11. The Bertz CT molecular complexity index is 921. The molecule has 1 aromatic heterocycles. The van der Waals surface area contributed by atoms with Crippen LogP contribution in [0.15, 0.2) is 48.5 Å². The van der Waals surface area contributed by atoms with E-state index in [-0.39, 0.29) is 0 Å². The van der Waals surface area contributed by atoms with Gasteiger partial charge in [-0.25, -0.2) is 4.98 Å². The van der Waals surface area contributed by atoms with Crippen molar-refractivity contribution in [3.05, 3.63) is 75.5 Å². The van der Waals surface area contributed by atoms with E-state index >= 15 is 0 Å². The Kier molecular flexibility index (Phi) is 8.80. The lowest BCUT2D eigenvalue weighted by Crippen LogP contribution is -2.25. The van der Waals surface area contributed by atoms with Crippen LogP contribution in [0.2, 0.25) is 10.0 Å². The first kappa shape index (κ1) is 22.9. The third kappa shape index (κ3) is 6.10. The fraction of sp³-hybridized carbons (Fsp3) is 0.400. The van der Waals surface area contributed by atoms with Crippen molar-refractivity contribution in [2.45, 2.75) is 59.0 Å². The van der Waals surface area contributed by atoms with Crippen LogP contribution in [0.25, 0.3) is 11.4 Å². The lowest BCUT2D eigenvalue weighted by molar-refractivity contribution is 0.249. The predicted octanol–water partition coefficient (Wildman–Crippen LogP) is 7.53. The molecule has 0 aliphatic carbocycles. The predicted molar refractivity (Wildman–Crippen MR) is 128 cm³/mol. The number of nitrogens with one attached hydrogen (secondary N) is 1. The second kappa shape index (κ2) is 11.5. The molecule has 0 radical (unpaired) electrons. The number of aromatic amines is 1. The molecule has 2 aromatic carbocycles. The smallest absolute Gasteiger partial charge is 0.137 e. The van der Waals surface area contributed by atoms with Crippen LogP contribution >= 0.6 is 23.2 Å². The molecule has 0 bridgehead atoms. The van der Waals surface area contributed by atoms with E-state index in [1.165, 1.54) is 11.4 Å². The van der Waals surface area contributed by atoms with Gasteiger partial charge in [-0.3, -0.25) is 4.90 Å². The number of aromatic nitrogens is 2. The highest BCUT2D eigenvalue weighted by Crippen LogP contribution is 2.28. The topological polar surface area (TPSA) is 31.9 Å². The van der Waals surface area contributed by atoms with Crippen molar-refractivity contribution in [2.75, 3.05) is 6.54 Å². The zero-order valence-corrected chi connectivity index (χ0v) is 19.4. The fourth-order valence-electron chi connectivity index (χ4n) is 3.59. The molecule has 5 heteroatoms. The van der Waals surface area contributed by atoms with Gasteiger partial charge >= 0.3 is 0 Å². The van der Waals surface area contributed by atoms with Gasteiger partial charge < -0.3 is 4.98 Å². The Labute approximate surface area is 190 Å². The molecule has 0 fully saturated rings. The van der Waals surface area contributed by atoms with Crippen molar-refractivity contribution in [1.29, 1.82) is 0 Å². The van der Waals surface area contributed by atoms with Crippen LogP contribution in [0.4, 0.5) is 0 Å². The quantitative estimate of drug-likeness (QED) is 0.332. The van der Waals surface area contributed by atoms with Crippen LogP contribution < -0.4 is 0 Å². The molecule has 0 aliphatic rings. The first-order chi connectivity index (χ1) is 14.6. The number of halogens is 2. The largest absolute Gasteiger partial charge is 0.341 e. The van der Waals surface area contributed by atoms with Crippen molar-refractivity contribution in [1.82, 2.24) is 14.9 Å². The van der Waals surface area contributed by atoms with E-state index in [1.54, 1.807) is 0 Å². The normalized spacial score (nSPS) is 11.4. The van der Waals surface area contributed by atoms with Gasteiger partial charge in [-0.05, 0) is 37.4 Å². The van der Waals surface area contributed by atoms with Crippen LogP contribution in [0.1, 0.15) is 56.5 Å². The maximum absolute atomic E-state index is 6.48. The second-order valence-corrected chi connectivity index (χ2v) is 8.54. The Morgan fingerprint density at radius 3 is 2.40 bits per heavy atom. The Morgan fingerprint density at radius 2 is 1.67 bits per heavy atom. The number of hydrogen-bond donors (Lipinski definition) is 1. The third-order valence-electron chi connectivity index (χ3n) is 5.31. The molecule has 0 aliphatic heterocycles. The molecule has 1 heterocycles. The van der Waals surface area contributed by atoms with E-state index in [9.17, 15) is 0 Å². The van der Waals surface area contributed by atoms with E-state index in [1.807, 2.05) is 18.2 Å². The van der Waals surface area contributed by atoms with E-state index < -0.39 is 0 Å². The average molecular weight is 444 g/mol.